The minimum atomic E-state index is -4.48. The van der Waals surface area contributed by atoms with Gasteiger partial charge in [0.25, 0.3) is 0 Å². The number of sulfonamides is 1. The van der Waals surface area contributed by atoms with Crippen LogP contribution in [-0.4, -0.2) is 62.6 Å². The Kier molecular flexibility index (Phi) is 9.79. The van der Waals surface area contributed by atoms with Crippen LogP contribution in [0.25, 0.3) is 0 Å². The van der Waals surface area contributed by atoms with Gasteiger partial charge in [-0.2, -0.15) is 17.5 Å². The number of benzene rings is 1. The van der Waals surface area contributed by atoms with Gasteiger partial charge >= 0.3 is 6.18 Å². The van der Waals surface area contributed by atoms with Gasteiger partial charge < -0.3 is 10.0 Å². The van der Waals surface area contributed by atoms with Crippen molar-refractivity contribution in [2.75, 3.05) is 33.8 Å². The predicted molar refractivity (Wildman–Crippen MR) is 115 cm³/mol. The molecular weight excluding hydrogens is 429 g/mol. The van der Waals surface area contributed by atoms with Crippen molar-refractivity contribution in [2.45, 2.75) is 68.5 Å². The third-order valence-corrected chi connectivity index (χ3v) is 8.25. The van der Waals surface area contributed by atoms with Crippen molar-refractivity contribution in [1.29, 1.82) is 0 Å². The molecule has 1 aliphatic rings. The molecule has 0 spiro atoms. The quantitative estimate of drug-likeness (QED) is 0.494. The average molecular weight is 465 g/mol. The Bertz CT molecular complexity index is 761. The van der Waals surface area contributed by atoms with Crippen molar-refractivity contribution in [1.82, 2.24) is 9.21 Å². The number of rotatable bonds is 11. The summed E-state index contributed by atoms with van der Waals surface area (Å²) in [6.45, 7) is 1.87. The number of unbranched alkanes of at least 4 members (excludes halogenated alkanes) is 2. The molecular formula is C22H35F3N2O3S. The monoisotopic (exact) mass is 464 g/mol. The van der Waals surface area contributed by atoms with Crippen LogP contribution >= 0.6 is 0 Å². The molecule has 178 valence electrons. The molecule has 1 aromatic rings. The van der Waals surface area contributed by atoms with Crippen LogP contribution in [0.2, 0.25) is 0 Å². The van der Waals surface area contributed by atoms with Crippen molar-refractivity contribution in [3.8, 4) is 0 Å². The molecule has 0 bridgehead atoms. The first-order chi connectivity index (χ1) is 14.6. The maximum atomic E-state index is 12.8. The maximum absolute atomic E-state index is 12.8. The molecule has 2 rings (SSSR count). The molecule has 5 nitrogen and oxygen atoms in total. The molecule has 0 radical (unpaired) electrons. The molecule has 1 fully saturated rings. The fraction of sp³-hybridized carbons (Fsp3) is 0.727. The lowest BCUT2D eigenvalue weighted by atomic mass is 9.83. The molecule has 0 aromatic heterocycles. The van der Waals surface area contributed by atoms with Gasteiger partial charge in [-0.15, -0.1) is 0 Å². The fourth-order valence-corrected chi connectivity index (χ4v) is 5.67. The molecule has 0 heterocycles. The molecule has 0 amide bonds. The highest BCUT2D eigenvalue weighted by molar-refractivity contribution is 7.89. The van der Waals surface area contributed by atoms with E-state index in [1.807, 2.05) is 7.05 Å². The fourth-order valence-electron chi connectivity index (χ4n) is 4.25. The van der Waals surface area contributed by atoms with Crippen LogP contribution in [0.4, 0.5) is 13.2 Å². The van der Waals surface area contributed by atoms with Gasteiger partial charge in [0.05, 0.1) is 17.1 Å². The first-order valence-corrected chi connectivity index (χ1v) is 12.4. The van der Waals surface area contributed by atoms with Gasteiger partial charge in [0, 0.05) is 19.6 Å². The van der Waals surface area contributed by atoms with Crippen LogP contribution in [0.5, 0.6) is 0 Å². The second-order valence-electron chi connectivity index (χ2n) is 8.59. The summed E-state index contributed by atoms with van der Waals surface area (Å²) in [7, 11) is -0.277. The molecule has 9 heteroatoms. The number of aliphatic hydroxyl groups excluding tert-OH is 1. The first kappa shape index (κ1) is 26.1. The summed E-state index contributed by atoms with van der Waals surface area (Å²) in [6.07, 6.45) is 3.58. The van der Waals surface area contributed by atoms with Crippen LogP contribution in [0.15, 0.2) is 29.2 Å². The predicted octanol–water partition coefficient (Wildman–Crippen LogP) is 4.37. The van der Waals surface area contributed by atoms with E-state index in [0.29, 0.717) is 12.5 Å². The second-order valence-corrected chi connectivity index (χ2v) is 10.6. The zero-order valence-electron chi connectivity index (χ0n) is 18.4. The van der Waals surface area contributed by atoms with Gasteiger partial charge in [-0.3, -0.25) is 0 Å². The SMILES string of the molecule is CN(CCO)CCCCCC1CCC(N(C)S(=O)(=O)c2ccc(C(F)(F)F)cc2)CC1. The van der Waals surface area contributed by atoms with Crippen molar-refractivity contribution in [3.05, 3.63) is 29.8 Å². The zero-order valence-corrected chi connectivity index (χ0v) is 19.3. The van der Waals surface area contributed by atoms with E-state index < -0.39 is 21.8 Å². The van der Waals surface area contributed by atoms with E-state index in [-0.39, 0.29) is 17.5 Å². The van der Waals surface area contributed by atoms with Crippen molar-refractivity contribution >= 4 is 10.0 Å². The second kappa shape index (κ2) is 11.6. The average Bonchev–Trinajstić information content (AvgIpc) is 2.73. The summed E-state index contributed by atoms with van der Waals surface area (Å²) in [5.41, 5.74) is -0.852. The van der Waals surface area contributed by atoms with Crippen LogP contribution in [0.1, 0.15) is 56.9 Å². The van der Waals surface area contributed by atoms with E-state index >= 15 is 0 Å². The third kappa shape index (κ3) is 7.73. The van der Waals surface area contributed by atoms with Gasteiger partial charge in [-0.1, -0.05) is 19.3 Å². The van der Waals surface area contributed by atoms with Gasteiger partial charge in [-0.25, -0.2) is 8.42 Å². The van der Waals surface area contributed by atoms with Crippen LogP contribution in [0.3, 0.4) is 0 Å². The van der Waals surface area contributed by atoms with E-state index in [1.165, 1.54) is 11.4 Å². The van der Waals surface area contributed by atoms with Gasteiger partial charge in [0.1, 0.15) is 0 Å². The Morgan fingerprint density at radius 3 is 2.13 bits per heavy atom. The highest BCUT2D eigenvalue weighted by atomic mass is 32.2. The molecule has 1 aliphatic carbocycles. The number of halogens is 3. The van der Waals surface area contributed by atoms with E-state index in [4.69, 9.17) is 5.11 Å². The lowest BCUT2D eigenvalue weighted by Gasteiger charge is -2.34. The number of hydrogen-bond acceptors (Lipinski definition) is 4. The highest BCUT2D eigenvalue weighted by Crippen LogP contribution is 2.34. The topological polar surface area (TPSA) is 60.9 Å². The number of nitrogens with zero attached hydrogens (tertiary/aromatic N) is 2. The summed E-state index contributed by atoms with van der Waals surface area (Å²) in [4.78, 5) is 2.02. The smallest absolute Gasteiger partial charge is 0.395 e. The molecule has 0 aliphatic heterocycles. The number of likely N-dealkylation sites (N-methyl/N-ethyl adjacent to an activating group) is 1. The van der Waals surface area contributed by atoms with E-state index in [2.05, 4.69) is 4.90 Å². The number of alkyl halides is 3. The standard InChI is InChI=1S/C22H35F3N2O3S/c1-26(16-17-28)15-5-3-4-6-18-7-11-20(12-8-18)27(2)31(29,30)21-13-9-19(10-14-21)22(23,24)25/h9-10,13-14,18,20,28H,3-8,11-12,15-17H2,1-2H3. The number of aliphatic hydroxyl groups is 1. The maximum Gasteiger partial charge on any atom is 0.416 e. The van der Waals surface area contributed by atoms with E-state index in [1.54, 1.807) is 0 Å². The molecule has 1 aromatic carbocycles. The Morgan fingerprint density at radius 1 is 0.968 bits per heavy atom. The lowest BCUT2D eigenvalue weighted by molar-refractivity contribution is -0.137. The summed E-state index contributed by atoms with van der Waals surface area (Å²) >= 11 is 0. The summed E-state index contributed by atoms with van der Waals surface area (Å²) in [5, 5.41) is 8.90. The molecule has 0 saturated heterocycles. The van der Waals surface area contributed by atoms with Gasteiger partial charge in [0.2, 0.25) is 10.0 Å². The normalized spacial score (nSPS) is 20.5. The van der Waals surface area contributed by atoms with Crippen LogP contribution in [0, 0.1) is 5.92 Å². The molecule has 0 unspecified atom stereocenters. The third-order valence-electron chi connectivity index (χ3n) is 6.32. The zero-order chi connectivity index (χ0) is 23.1. The molecule has 31 heavy (non-hydrogen) atoms. The minimum absolute atomic E-state index is 0.101. The molecule has 0 atom stereocenters. The number of hydrogen-bond donors (Lipinski definition) is 1. The largest absolute Gasteiger partial charge is 0.416 e. The van der Waals surface area contributed by atoms with Crippen LogP contribution < -0.4 is 0 Å². The van der Waals surface area contributed by atoms with Crippen molar-refractivity contribution in [2.24, 2.45) is 5.92 Å². The molecule has 1 N–H and O–H groups in total. The Labute approximate surface area is 184 Å². The summed E-state index contributed by atoms with van der Waals surface area (Å²) in [6, 6.07) is 3.60. The van der Waals surface area contributed by atoms with E-state index in [9.17, 15) is 21.6 Å². The van der Waals surface area contributed by atoms with Crippen molar-refractivity contribution in [3.63, 3.8) is 0 Å². The summed E-state index contributed by atoms with van der Waals surface area (Å²) < 4.78 is 65.2. The van der Waals surface area contributed by atoms with Crippen LogP contribution in [-0.2, 0) is 16.2 Å². The minimum Gasteiger partial charge on any atom is -0.395 e. The Morgan fingerprint density at radius 2 is 1.58 bits per heavy atom. The highest BCUT2D eigenvalue weighted by Gasteiger charge is 2.33. The Hall–Kier alpha value is -1.16. The van der Waals surface area contributed by atoms with Gasteiger partial charge in [0.15, 0.2) is 0 Å². The summed E-state index contributed by atoms with van der Waals surface area (Å²) in [5.74, 6) is 0.605. The van der Waals surface area contributed by atoms with E-state index in [0.717, 1.165) is 82.2 Å². The molecule has 1 saturated carbocycles. The first-order valence-electron chi connectivity index (χ1n) is 11.0. The Balaban J connectivity index is 1.78. The van der Waals surface area contributed by atoms with Gasteiger partial charge in [-0.05, 0) is 75.9 Å². The van der Waals surface area contributed by atoms with Crippen molar-refractivity contribution < 1.29 is 26.7 Å². The lowest BCUT2D eigenvalue weighted by Crippen LogP contribution is -2.39.